The van der Waals surface area contributed by atoms with E-state index < -0.39 is 0 Å². The predicted molar refractivity (Wildman–Crippen MR) is 75.3 cm³/mol. The molecule has 1 rings (SSSR count). The summed E-state index contributed by atoms with van der Waals surface area (Å²) in [5.74, 6) is 1.83. The van der Waals surface area contributed by atoms with E-state index in [0.29, 0.717) is 6.54 Å². The van der Waals surface area contributed by atoms with E-state index in [1.807, 2.05) is 0 Å². The van der Waals surface area contributed by atoms with Crippen molar-refractivity contribution in [3.8, 4) is 0 Å². The first-order valence-electron chi connectivity index (χ1n) is 6.45. The van der Waals surface area contributed by atoms with Gasteiger partial charge in [0.1, 0.15) is 11.5 Å². The second-order valence-corrected chi connectivity index (χ2v) is 5.64. The van der Waals surface area contributed by atoms with Crippen LogP contribution in [0.25, 0.3) is 10.4 Å². The first-order valence-corrected chi connectivity index (χ1v) is 6.45. The normalized spacial score (nSPS) is 19.8. The third kappa shape index (κ3) is 3.44. The summed E-state index contributed by atoms with van der Waals surface area (Å²) in [4.78, 5) is 2.78. The van der Waals surface area contributed by atoms with E-state index in [2.05, 4.69) is 42.9 Å². The molecule has 0 atom stereocenters. The van der Waals surface area contributed by atoms with E-state index in [0.717, 1.165) is 24.4 Å². The summed E-state index contributed by atoms with van der Waals surface area (Å²) in [5.41, 5.74) is 7.95. The molecule has 0 bridgehead atoms. The zero-order valence-electron chi connectivity index (χ0n) is 12.4. The molecule has 0 N–H and O–H groups in total. The van der Waals surface area contributed by atoms with Crippen LogP contribution in [-0.2, 0) is 9.47 Å². The molecule has 0 saturated carbocycles. The Morgan fingerprint density at radius 2 is 1.68 bits per heavy atom. The molecule has 0 aromatic carbocycles. The van der Waals surface area contributed by atoms with Gasteiger partial charge in [-0.25, -0.2) is 0 Å². The molecule has 1 aliphatic carbocycles. The maximum Gasteiger partial charge on any atom is 0.106 e. The van der Waals surface area contributed by atoms with Crippen LogP contribution in [0.4, 0.5) is 0 Å². The van der Waals surface area contributed by atoms with Crippen molar-refractivity contribution in [3.63, 3.8) is 0 Å². The summed E-state index contributed by atoms with van der Waals surface area (Å²) in [5, 5.41) is 3.58. The molecule has 0 aromatic heterocycles. The summed E-state index contributed by atoms with van der Waals surface area (Å²) in [6, 6.07) is 0. The highest BCUT2D eigenvalue weighted by atomic mass is 16.5. The Morgan fingerprint density at radius 1 is 1.16 bits per heavy atom. The number of azide groups is 1. The largest absolute Gasteiger partial charge is 0.500 e. The van der Waals surface area contributed by atoms with Gasteiger partial charge in [0.2, 0.25) is 0 Å². The van der Waals surface area contributed by atoms with Gasteiger partial charge in [-0.1, -0.05) is 19.0 Å². The molecule has 0 fully saturated rings. The predicted octanol–water partition coefficient (Wildman–Crippen LogP) is 4.18. The molecule has 0 spiro atoms. The minimum atomic E-state index is -0.288. The number of ether oxygens (including phenoxy) is 2. The molecule has 0 radical (unpaired) electrons. The maximum atomic E-state index is 8.32. The molecule has 0 amide bonds. The topological polar surface area (TPSA) is 67.2 Å². The van der Waals surface area contributed by atoms with Gasteiger partial charge in [0, 0.05) is 16.9 Å². The van der Waals surface area contributed by atoms with Gasteiger partial charge in [-0.2, -0.15) is 0 Å². The minimum Gasteiger partial charge on any atom is -0.500 e. The molecule has 5 heteroatoms. The third-order valence-corrected chi connectivity index (χ3v) is 3.53. The zero-order valence-corrected chi connectivity index (χ0v) is 12.4. The van der Waals surface area contributed by atoms with Crippen LogP contribution in [-0.4, -0.2) is 20.8 Å². The molecule has 0 unspecified atom stereocenters. The molecule has 0 heterocycles. The molecule has 1 aliphatic rings. The van der Waals surface area contributed by atoms with Crippen LogP contribution >= 0.6 is 0 Å². The molecule has 0 aliphatic heterocycles. The van der Waals surface area contributed by atoms with Crippen molar-refractivity contribution in [1.29, 1.82) is 0 Å². The number of hydrogen-bond acceptors (Lipinski definition) is 3. The van der Waals surface area contributed by atoms with Crippen molar-refractivity contribution >= 4 is 0 Å². The first kappa shape index (κ1) is 15.4. The quantitative estimate of drug-likeness (QED) is 0.313. The van der Waals surface area contributed by atoms with Gasteiger partial charge in [-0.15, -0.1) is 0 Å². The lowest BCUT2D eigenvalue weighted by atomic mass is 9.72. The van der Waals surface area contributed by atoms with E-state index in [1.165, 1.54) is 0 Å². The van der Waals surface area contributed by atoms with E-state index >= 15 is 0 Å². The van der Waals surface area contributed by atoms with Gasteiger partial charge in [0.15, 0.2) is 0 Å². The monoisotopic (exact) mass is 265 g/mol. The lowest BCUT2D eigenvalue weighted by Crippen LogP contribution is -2.31. The minimum absolute atomic E-state index is 0.0823. The van der Waals surface area contributed by atoms with Gasteiger partial charge in [-0.05, 0) is 37.4 Å². The maximum absolute atomic E-state index is 8.32. The number of nitrogens with zero attached hydrogens (tertiary/aromatic N) is 3. The Hall–Kier alpha value is -1.61. The molecule has 0 saturated heterocycles. The first-order chi connectivity index (χ1) is 8.89. The van der Waals surface area contributed by atoms with Crippen LogP contribution < -0.4 is 0 Å². The van der Waals surface area contributed by atoms with Crippen molar-refractivity contribution in [2.45, 2.75) is 33.6 Å². The fraction of sp³-hybridized carbons (Fsp3) is 0.714. The van der Waals surface area contributed by atoms with Gasteiger partial charge >= 0.3 is 0 Å². The number of allylic oxidation sites excluding steroid dienone is 2. The van der Waals surface area contributed by atoms with Crippen LogP contribution in [0.15, 0.2) is 28.8 Å². The van der Waals surface area contributed by atoms with E-state index in [9.17, 15) is 0 Å². The Bertz CT molecular complexity index is 408. The van der Waals surface area contributed by atoms with Crippen LogP contribution in [0, 0.1) is 10.8 Å². The number of hydrogen-bond donors (Lipinski definition) is 0. The lowest BCUT2D eigenvalue weighted by molar-refractivity contribution is 0.115. The molecule has 19 heavy (non-hydrogen) atoms. The van der Waals surface area contributed by atoms with Crippen LogP contribution in [0.3, 0.4) is 0 Å². The second-order valence-electron chi connectivity index (χ2n) is 5.64. The lowest BCUT2D eigenvalue weighted by Gasteiger charge is -2.39. The smallest absolute Gasteiger partial charge is 0.106 e. The van der Waals surface area contributed by atoms with Crippen molar-refractivity contribution in [2.75, 3.05) is 20.8 Å². The van der Waals surface area contributed by atoms with Gasteiger partial charge in [-0.3, -0.25) is 0 Å². The van der Waals surface area contributed by atoms with Crippen molar-refractivity contribution < 1.29 is 9.47 Å². The number of methoxy groups -OCH3 is 2. The Balaban J connectivity index is 2.99. The highest BCUT2D eigenvalue weighted by Crippen LogP contribution is 2.47. The fourth-order valence-corrected chi connectivity index (χ4v) is 2.52. The average Bonchev–Trinajstić information content (AvgIpc) is 2.37. The van der Waals surface area contributed by atoms with E-state index in [-0.39, 0.29) is 10.8 Å². The van der Waals surface area contributed by atoms with Crippen molar-refractivity contribution in [2.24, 2.45) is 15.9 Å². The summed E-state index contributed by atoms with van der Waals surface area (Å²) in [6.45, 7) is 6.82. The number of rotatable bonds is 6. The van der Waals surface area contributed by atoms with E-state index in [4.69, 9.17) is 15.0 Å². The average molecular weight is 265 g/mol. The molecule has 106 valence electrons. The van der Waals surface area contributed by atoms with Gasteiger partial charge in [0.25, 0.3) is 0 Å². The van der Waals surface area contributed by atoms with Crippen LogP contribution in [0.2, 0.25) is 0 Å². The molecular formula is C14H23N3O2. The van der Waals surface area contributed by atoms with Crippen LogP contribution in [0.1, 0.15) is 33.6 Å². The molecule has 5 nitrogen and oxygen atoms in total. The van der Waals surface area contributed by atoms with Crippen molar-refractivity contribution in [3.05, 3.63) is 34.1 Å². The third-order valence-electron chi connectivity index (χ3n) is 3.53. The summed E-state index contributed by atoms with van der Waals surface area (Å²) in [6.07, 6.45) is 5.87. The second kappa shape index (κ2) is 6.02. The van der Waals surface area contributed by atoms with Gasteiger partial charge < -0.3 is 9.47 Å². The molecular weight excluding hydrogens is 242 g/mol. The SMILES string of the molecule is COC1=CC(C)(C)C=C(OC)C1(C)CCCN=[N+]=[N-]. The Morgan fingerprint density at radius 3 is 2.11 bits per heavy atom. The highest BCUT2D eigenvalue weighted by molar-refractivity contribution is 5.31. The summed E-state index contributed by atoms with van der Waals surface area (Å²) >= 11 is 0. The van der Waals surface area contributed by atoms with Crippen LogP contribution in [0.5, 0.6) is 0 Å². The fourth-order valence-electron chi connectivity index (χ4n) is 2.52. The van der Waals surface area contributed by atoms with Gasteiger partial charge in [0.05, 0.1) is 19.6 Å². The molecule has 0 aromatic rings. The standard InChI is InChI=1S/C14H23N3O2/c1-13(2)9-11(18-4)14(3,12(10-13)19-5)7-6-8-16-17-15/h9-10H,6-8H2,1-5H3. The Kier molecular flexibility index (Phi) is 4.90. The summed E-state index contributed by atoms with van der Waals surface area (Å²) in [7, 11) is 3.37. The van der Waals surface area contributed by atoms with Crippen molar-refractivity contribution in [1.82, 2.24) is 0 Å². The highest BCUT2D eigenvalue weighted by Gasteiger charge is 2.40. The van der Waals surface area contributed by atoms with E-state index in [1.54, 1.807) is 14.2 Å². The zero-order chi connectivity index (χ0) is 14.5. The summed E-state index contributed by atoms with van der Waals surface area (Å²) < 4.78 is 11.1. The Labute approximate surface area is 114 Å².